The SMILES string of the molecule is COC1=CC(c2ccc[nH]2)=N/C1=C\c1[nH]c(C)c(CCCCCCO)c1C. The first-order valence-electron chi connectivity index (χ1n) is 9.63. The fourth-order valence-electron chi connectivity index (χ4n) is 3.55. The summed E-state index contributed by atoms with van der Waals surface area (Å²) in [5, 5.41) is 8.89. The van der Waals surface area contributed by atoms with Crippen LogP contribution in [0.4, 0.5) is 0 Å². The van der Waals surface area contributed by atoms with Crippen LogP contribution in [0.1, 0.15) is 53.9 Å². The highest BCUT2D eigenvalue weighted by atomic mass is 16.5. The lowest BCUT2D eigenvalue weighted by Gasteiger charge is -2.03. The van der Waals surface area contributed by atoms with Crippen molar-refractivity contribution in [3.63, 3.8) is 0 Å². The Bertz CT molecular complexity index is 855. The maximum atomic E-state index is 8.89. The molecule has 3 rings (SSSR count). The van der Waals surface area contributed by atoms with Crippen molar-refractivity contribution in [2.24, 2.45) is 4.99 Å². The van der Waals surface area contributed by atoms with Gasteiger partial charge in [-0.2, -0.15) is 0 Å². The molecule has 0 unspecified atom stereocenters. The largest absolute Gasteiger partial charge is 0.494 e. The van der Waals surface area contributed by atoms with Crippen molar-refractivity contribution >= 4 is 11.8 Å². The minimum atomic E-state index is 0.292. The number of aromatic amines is 2. The first-order valence-corrected chi connectivity index (χ1v) is 9.63. The quantitative estimate of drug-likeness (QED) is 0.574. The molecule has 2 aromatic heterocycles. The third-order valence-corrected chi connectivity index (χ3v) is 5.10. The van der Waals surface area contributed by atoms with E-state index in [1.165, 1.54) is 16.8 Å². The molecule has 5 nitrogen and oxygen atoms in total. The Morgan fingerprint density at radius 3 is 2.70 bits per heavy atom. The van der Waals surface area contributed by atoms with Crippen LogP contribution < -0.4 is 0 Å². The summed E-state index contributed by atoms with van der Waals surface area (Å²) in [6.07, 6.45) is 11.3. The lowest BCUT2D eigenvalue weighted by molar-refractivity contribution is 0.282. The van der Waals surface area contributed by atoms with Gasteiger partial charge in [-0.05, 0) is 62.4 Å². The van der Waals surface area contributed by atoms with Crippen LogP contribution in [0.5, 0.6) is 0 Å². The number of hydrogen-bond donors (Lipinski definition) is 3. The van der Waals surface area contributed by atoms with Crippen molar-refractivity contribution < 1.29 is 9.84 Å². The van der Waals surface area contributed by atoms with Gasteiger partial charge in [0.2, 0.25) is 0 Å². The zero-order valence-corrected chi connectivity index (χ0v) is 16.4. The number of aliphatic hydroxyl groups excluding tert-OH is 1. The van der Waals surface area contributed by atoms with Gasteiger partial charge < -0.3 is 19.8 Å². The van der Waals surface area contributed by atoms with Crippen LogP contribution in [0.2, 0.25) is 0 Å². The van der Waals surface area contributed by atoms with Crippen molar-refractivity contribution in [2.45, 2.75) is 46.0 Å². The van der Waals surface area contributed by atoms with Crippen molar-refractivity contribution in [1.29, 1.82) is 0 Å². The van der Waals surface area contributed by atoms with Crippen LogP contribution >= 0.6 is 0 Å². The lowest BCUT2D eigenvalue weighted by atomic mass is 10.0. The number of rotatable bonds is 9. The zero-order chi connectivity index (χ0) is 19.2. The highest BCUT2D eigenvalue weighted by Gasteiger charge is 2.18. The molecule has 0 bridgehead atoms. The predicted molar refractivity (Wildman–Crippen MR) is 110 cm³/mol. The van der Waals surface area contributed by atoms with Crippen molar-refractivity contribution in [2.75, 3.05) is 13.7 Å². The molecule has 1 aliphatic rings. The molecule has 0 radical (unpaired) electrons. The molecule has 0 fully saturated rings. The van der Waals surface area contributed by atoms with Gasteiger partial charge in [0.1, 0.15) is 11.5 Å². The van der Waals surface area contributed by atoms with E-state index in [2.05, 4.69) is 29.9 Å². The summed E-state index contributed by atoms with van der Waals surface area (Å²) in [5.41, 5.74) is 7.68. The van der Waals surface area contributed by atoms with E-state index in [-0.39, 0.29) is 0 Å². The van der Waals surface area contributed by atoms with Gasteiger partial charge in [0, 0.05) is 30.3 Å². The molecule has 0 aliphatic carbocycles. The number of methoxy groups -OCH3 is 1. The summed E-state index contributed by atoms with van der Waals surface area (Å²) < 4.78 is 5.53. The molecule has 0 aromatic carbocycles. The standard InChI is InChI=1S/C22H29N3O2/c1-15-17(9-6-4-5-7-12-26)16(2)24-19(15)13-21-22(27-3)14-20(25-21)18-10-8-11-23-18/h8,10-11,13-14,23-24,26H,4-7,9,12H2,1-3H3/b21-13-. The minimum Gasteiger partial charge on any atom is -0.494 e. The molecule has 3 N–H and O–H groups in total. The molecule has 1 aliphatic heterocycles. The van der Waals surface area contributed by atoms with E-state index < -0.39 is 0 Å². The number of aromatic nitrogens is 2. The Morgan fingerprint density at radius 1 is 1.19 bits per heavy atom. The second kappa shape index (κ2) is 8.91. The topological polar surface area (TPSA) is 73.4 Å². The number of nitrogens with zero attached hydrogens (tertiary/aromatic N) is 1. The normalized spacial score (nSPS) is 15.3. The Kier molecular flexibility index (Phi) is 6.35. The predicted octanol–water partition coefficient (Wildman–Crippen LogP) is 4.43. The third kappa shape index (κ3) is 4.42. The summed E-state index contributed by atoms with van der Waals surface area (Å²) in [7, 11) is 1.68. The Labute approximate surface area is 160 Å². The molecule has 0 atom stereocenters. The summed E-state index contributed by atoms with van der Waals surface area (Å²) >= 11 is 0. The van der Waals surface area contributed by atoms with Crippen LogP contribution in [0.15, 0.2) is 40.9 Å². The van der Waals surface area contributed by atoms with Gasteiger partial charge in [-0.3, -0.25) is 0 Å². The molecule has 5 heteroatoms. The van der Waals surface area contributed by atoms with Crippen LogP contribution in [0.3, 0.4) is 0 Å². The maximum Gasteiger partial charge on any atom is 0.146 e. The summed E-state index contributed by atoms with van der Waals surface area (Å²) in [6, 6.07) is 3.97. The Morgan fingerprint density at radius 2 is 2.00 bits per heavy atom. The van der Waals surface area contributed by atoms with Gasteiger partial charge >= 0.3 is 0 Å². The average Bonchev–Trinajstić information content (AvgIpc) is 3.37. The van der Waals surface area contributed by atoms with Gasteiger partial charge in [-0.15, -0.1) is 0 Å². The number of ether oxygens (including phenoxy) is 1. The fraction of sp³-hybridized carbons (Fsp3) is 0.409. The van der Waals surface area contributed by atoms with E-state index in [0.717, 1.165) is 60.7 Å². The number of aryl methyl sites for hydroxylation is 1. The number of unbranched alkanes of at least 4 members (excludes halogenated alkanes) is 3. The highest BCUT2D eigenvalue weighted by molar-refractivity contribution is 6.11. The van der Waals surface area contributed by atoms with Crippen molar-refractivity contribution in [3.05, 3.63) is 64.1 Å². The highest BCUT2D eigenvalue weighted by Crippen LogP contribution is 2.28. The van der Waals surface area contributed by atoms with E-state index in [0.29, 0.717) is 6.61 Å². The minimum absolute atomic E-state index is 0.292. The second-order valence-corrected chi connectivity index (χ2v) is 6.98. The van der Waals surface area contributed by atoms with Gasteiger partial charge in [0.05, 0.1) is 18.5 Å². The van der Waals surface area contributed by atoms with Crippen molar-refractivity contribution in [1.82, 2.24) is 9.97 Å². The third-order valence-electron chi connectivity index (χ3n) is 5.10. The maximum absolute atomic E-state index is 8.89. The number of allylic oxidation sites excluding steroid dienone is 1. The van der Waals surface area contributed by atoms with Crippen LogP contribution in [0.25, 0.3) is 6.08 Å². The van der Waals surface area contributed by atoms with Crippen molar-refractivity contribution in [3.8, 4) is 0 Å². The van der Waals surface area contributed by atoms with Crippen LogP contribution in [-0.4, -0.2) is 34.5 Å². The molecular formula is C22H29N3O2. The smallest absolute Gasteiger partial charge is 0.146 e. The lowest BCUT2D eigenvalue weighted by Crippen LogP contribution is -1.93. The number of nitrogens with one attached hydrogen (secondary N) is 2. The number of aliphatic hydroxyl groups is 1. The molecule has 2 aromatic rings. The van der Waals surface area contributed by atoms with Crippen LogP contribution in [-0.2, 0) is 11.2 Å². The molecule has 0 saturated heterocycles. The van der Waals surface area contributed by atoms with E-state index in [1.807, 2.05) is 24.4 Å². The van der Waals surface area contributed by atoms with Gasteiger partial charge in [0.25, 0.3) is 0 Å². The summed E-state index contributed by atoms with van der Waals surface area (Å²) in [4.78, 5) is 11.4. The van der Waals surface area contributed by atoms with Gasteiger partial charge in [-0.1, -0.05) is 12.8 Å². The monoisotopic (exact) mass is 367 g/mol. The Balaban J connectivity index is 1.78. The number of hydrogen-bond acceptors (Lipinski definition) is 3. The summed E-state index contributed by atoms with van der Waals surface area (Å²) in [5.74, 6) is 0.775. The first-order chi connectivity index (χ1) is 13.1. The van der Waals surface area contributed by atoms with Crippen LogP contribution in [0, 0.1) is 13.8 Å². The number of aliphatic imine (C=N–C) groups is 1. The molecular weight excluding hydrogens is 338 g/mol. The molecule has 27 heavy (non-hydrogen) atoms. The molecule has 0 amide bonds. The Hall–Kier alpha value is -2.53. The molecule has 144 valence electrons. The van der Waals surface area contributed by atoms with E-state index >= 15 is 0 Å². The number of H-pyrrole nitrogens is 2. The van der Waals surface area contributed by atoms with E-state index in [9.17, 15) is 0 Å². The zero-order valence-electron chi connectivity index (χ0n) is 16.4. The average molecular weight is 367 g/mol. The van der Waals surface area contributed by atoms with E-state index in [4.69, 9.17) is 14.8 Å². The molecule has 0 saturated carbocycles. The molecule has 3 heterocycles. The van der Waals surface area contributed by atoms with Gasteiger partial charge in [0.15, 0.2) is 0 Å². The summed E-state index contributed by atoms with van der Waals surface area (Å²) in [6.45, 7) is 4.59. The molecule has 0 spiro atoms. The van der Waals surface area contributed by atoms with Gasteiger partial charge in [-0.25, -0.2) is 4.99 Å². The second-order valence-electron chi connectivity index (χ2n) is 6.98. The van der Waals surface area contributed by atoms with E-state index in [1.54, 1.807) is 7.11 Å². The fourth-order valence-corrected chi connectivity index (χ4v) is 3.55. The first kappa shape index (κ1) is 19.2.